The summed E-state index contributed by atoms with van der Waals surface area (Å²) in [6.45, 7) is 0. The lowest BCUT2D eigenvalue weighted by Gasteiger charge is -2.13. The Hall–Kier alpha value is -1.75. The molecule has 1 aromatic rings. The SMILES string of the molecule is COc1ccc(C2=NC(=S)NC(=O)C2)cc1. The fourth-order valence-corrected chi connectivity index (χ4v) is 1.68. The fraction of sp³-hybridized carbons (Fsp3) is 0.182. The molecule has 0 bridgehead atoms. The lowest BCUT2D eigenvalue weighted by molar-refractivity contribution is -0.118. The summed E-state index contributed by atoms with van der Waals surface area (Å²) < 4.78 is 5.05. The highest BCUT2D eigenvalue weighted by Crippen LogP contribution is 2.14. The number of amides is 1. The second-order valence-electron chi connectivity index (χ2n) is 3.32. The molecule has 1 amide bonds. The highest BCUT2D eigenvalue weighted by molar-refractivity contribution is 7.80. The third kappa shape index (κ3) is 2.25. The van der Waals surface area contributed by atoms with Crippen LogP contribution in [0.15, 0.2) is 29.3 Å². The Bertz CT molecular complexity index is 465. The summed E-state index contributed by atoms with van der Waals surface area (Å²) in [4.78, 5) is 15.4. The third-order valence-corrected chi connectivity index (χ3v) is 2.43. The molecule has 0 aromatic heterocycles. The summed E-state index contributed by atoms with van der Waals surface area (Å²) in [6.07, 6.45) is 0.256. The predicted octanol–water partition coefficient (Wildman–Crippen LogP) is 1.29. The number of hydrogen-bond donors (Lipinski definition) is 1. The zero-order chi connectivity index (χ0) is 11.5. The maximum atomic E-state index is 11.3. The number of benzene rings is 1. The van der Waals surface area contributed by atoms with Gasteiger partial charge in [0.2, 0.25) is 5.91 Å². The molecule has 16 heavy (non-hydrogen) atoms. The second-order valence-corrected chi connectivity index (χ2v) is 3.70. The topological polar surface area (TPSA) is 50.7 Å². The molecule has 1 N–H and O–H groups in total. The van der Waals surface area contributed by atoms with Crippen molar-refractivity contribution in [2.75, 3.05) is 7.11 Å². The summed E-state index contributed by atoms with van der Waals surface area (Å²) in [5.74, 6) is 0.651. The molecule has 1 aromatic carbocycles. The average molecular weight is 234 g/mol. The summed E-state index contributed by atoms with van der Waals surface area (Å²) in [5.41, 5.74) is 1.58. The minimum Gasteiger partial charge on any atom is -0.497 e. The van der Waals surface area contributed by atoms with Gasteiger partial charge in [0.1, 0.15) is 5.75 Å². The fourth-order valence-electron chi connectivity index (χ4n) is 1.46. The molecule has 0 aliphatic carbocycles. The molecule has 0 fully saturated rings. The van der Waals surface area contributed by atoms with Crippen molar-refractivity contribution in [1.82, 2.24) is 5.32 Å². The van der Waals surface area contributed by atoms with Crippen LogP contribution in [0.25, 0.3) is 0 Å². The minimum atomic E-state index is -0.120. The second kappa shape index (κ2) is 4.40. The number of nitrogens with one attached hydrogen (secondary N) is 1. The molecule has 0 saturated carbocycles. The Morgan fingerprint density at radius 3 is 2.62 bits per heavy atom. The summed E-state index contributed by atoms with van der Waals surface area (Å²) >= 11 is 4.86. The van der Waals surface area contributed by atoms with Crippen LogP contribution >= 0.6 is 12.2 Å². The van der Waals surface area contributed by atoms with Gasteiger partial charge in [-0.05, 0) is 42.0 Å². The van der Waals surface area contributed by atoms with Gasteiger partial charge >= 0.3 is 0 Å². The molecule has 0 spiro atoms. The first-order valence-electron chi connectivity index (χ1n) is 4.75. The monoisotopic (exact) mass is 234 g/mol. The van der Waals surface area contributed by atoms with Crippen molar-refractivity contribution in [2.24, 2.45) is 4.99 Å². The molecule has 4 nitrogen and oxygen atoms in total. The van der Waals surface area contributed by atoms with Crippen LogP contribution in [0.4, 0.5) is 0 Å². The van der Waals surface area contributed by atoms with Crippen LogP contribution in [-0.2, 0) is 4.79 Å². The van der Waals surface area contributed by atoms with E-state index in [9.17, 15) is 4.79 Å². The molecule has 0 atom stereocenters. The number of rotatable bonds is 2. The standard InChI is InChI=1S/C11H10N2O2S/c1-15-8-4-2-7(3-5-8)9-6-10(14)13-11(16)12-9/h2-5H,6H2,1H3,(H,13,14,16). The van der Waals surface area contributed by atoms with E-state index in [1.807, 2.05) is 24.3 Å². The van der Waals surface area contributed by atoms with Gasteiger partial charge in [-0.2, -0.15) is 0 Å². The van der Waals surface area contributed by atoms with Gasteiger partial charge in [0.15, 0.2) is 5.11 Å². The first kappa shape index (κ1) is 10.8. The summed E-state index contributed by atoms with van der Waals surface area (Å²) in [7, 11) is 1.61. The molecule has 2 rings (SSSR count). The Morgan fingerprint density at radius 2 is 2.06 bits per heavy atom. The lowest BCUT2D eigenvalue weighted by atomic mass is 10.1. The van der Waals surface area contributed by atoms with E-state index in [0.29, 0.717) is 5.71 Å². The number of carbonyl (C=O) groups is 1. The smallest absolute Gasteiger partial charge is 0.232 e. The third-order valence-electron chi connectivity index (χ3n) is 2.23. The first-order valence-corrected chi connectivity index (χ1v) is 5.15. The molecule has 1 aliphatic heterocycles. The zero-order valence-electron chi connectivity index (χ0n) is 8.69. The van der Waals surface area contributed by atoms with E-state index < -0.39 is 0 Å². The van der Waals surface area contributed by atoms with Crippen LogP contribution in [-0.4, -0.2) is 23.8 Å². The van der Waals surface area contributed by atoms with Gasteiger partial charge in [0, 0.05) is 0 Å². The quantitative estimate of drug-likeness (QED) is 0.784. The van der Waals surface area contributed by atoms with E-state index in [1.54, 1.807) is 7.11 Å². The largest absolute Gasteiger partial charge is 0.497 e. The van der Waals surface area contributed by atoms with E-state index in [4.69, 9.17) is 17.0 Å². The average Bonchev–Trinajstić information content (AvgIpc) is 2.28. The Labute approximate surface area is 98.3 Å². The van der Waals surface area contributed by atoms with Gasteiger partial charge in [-0.25, -0.2) is 4.99 Å². The van der Waals surface area contributed by atoms with Crippen molar-refractivity contribution in [2.45, 2.75) is 6.42 Å². The van der Waals surface area contributed by atoms with E-state index >= 15 is 0 Å². The number of ether oxygens (including phenoxy) is 1. The molecule has 0 unspecified atom stereocenters. The number of aliphatic imine (C=N–C) groups is 1. The van der Waals surface area contributed by atoms with Crippen LogP contribution in [0.3, 0.4) is 0 Å². The van der Waals surface area contributed by atoms with E-state index in [-0.39, 0.29) is 17.4 Å². The maximum Gasteiger partial charge on any atom is 0.232 e. The van der Waals surface area contributed by atoms with Crippen molar-refractivity contribution in [3.05, 3.63) is 29.8 Å². The molecular weight excluding hydrogens is 224 g/mol. The number of carbonyl (C=O) groups excluding carboxylic acids is 1. The van der Waals surface area contributed by atoms with Crippen molar-refractivity contribution in [1.29, 1.82) is 0 Å². The number of methoxy groups -OCH3 is 1. The van der Waals surface area contributed by atoms with Gasteiger partial charge in [-0.3, -0.25) is 4.79 Å². The molecule has 82 valence electrons. The highest BCUT2D eigenvalue weighted by atomic mass is 32.1. The van der Waals surface area contributed by atoms with Gasteiger partial charge < -0.3 is 10.1 Å². The van der Waals surface area contributed by atoms with Gasteiger partial charge in [-0.15, -0.1) is 0 Å². The number of thiocarbonyl (C=S) groups is 1. The van der Waals surface area contributed by atoms with Crippen LogP contribution in [0, 0.1) is 0 Å². The lowest BCUT2D eigenvalue weighted by Crippen LogP contribution is -2.35. The zero-order valence-corrected chi connectivity index (χ0v) is 9.50. The van der Waals surface area contributed by atoms with Crippen molar-refractivity contribution in [3.63, 3.8) is 0 Å². The van der Waals surface area contributed by atoms with Crippen LogP contribution < -0.4 is 10.1 Å². The van der Waals surface area contributed by atoms with Crippen LogP contribution in [0.1, 0.15) is 12.0 Å². The van der Waals surface area contributed by atoms with E-state index in [2.05, 4.69) is 10.3 Å². The Morgan fingerprint density at radius 1 is 1.38 bits per heavy atom. The molecule has 5 heteroatoms. The normalized spacial score (nSPS) is 15.4. The van der Waals surface area contributed by atoms with E-state index in [0.717, 1.165) is 11.3 Å². The molecule has 1 aliphatic rings. The molecular formula is C11H10N2O2S. The van der Waals surface area contributed by atoms with Crippen LogP contribution in [0.2, 0.25) is 0 Å². The maximum absolute atomic E-state index is 11.3. The predicted molar refractivity (Wildman–Crippen MR) is 64.9 cm³/mol. The van der Waals surface area contributed by atoms with Crippen molar-refractivity contribution >= 4 is 28.9 Å². The Balaban J connectivity index is 2.29. The van der Waals surface area contributed by atoms with E-state index in [1.165, 1.54) is 0 Å². The van der Waals surface area contributed by atoms with Crippen molar-refractivity contribution < 1.29 is 9.53 Å². The molecule has 1 heterocycles. The number of hydrogen-bond acceptors (Lipinski definition) is 3. The van der Waals surface area contributed by atoms with Gasteiger partial charge in [0.25, 0.3) is 0 Å². The van der Waals surface area contributed by atoms with Crippen molar-refractivity contribution in [3.8, 4) is 5.75 Å². The number of nitrogens with zero attached hydrogens (tertiary/aromatic N) is 1. The van der Waals surface area contributed by atoms with Gasteiger partial charge in [-0.1, -0.05) is 0 Å². The Kier molecular flexibility index (Phi) is 2.96. The van der Waals surface area contributed by atoms with Gasteiger partial charge in [0.05, 0.1) is 19.2 Å². The highest BCUT2D eigenvalue weighted by Gasteiger charge is 2.16. The summed E-state index contributed by atoms with van der Waals surface area (Å²) in [5, 5.41) is 2.71. The van der Waals surface area contributed by atoms with Crippen LogP contribution in [0.5, 0.6) is 5.75 Å². The summed E-state index contributed by atoms with van der Waals surface area (Å²) in [6, 6.07) is 7.37. The molecule has 0 saturated heterocycles. The minimum absolute atomic E-state index is 0.120. The first-order chi connectivity index (χ1) is 7.69. The molecule has 0 radical (unpaired) electrons.